The molecule has 1 atom stereocenters. The lowest BCUT2D eigenvalue weighted by molar-refractivity contribution is -0.142. The molecule has 3 nitrogen and oxygen atoms in total. The third-order valence-corrected chi connectivity index (χ3v) is 2.10. The van der Waals surface area contributed by atoms with Crippen LogP contribution < -0.4 is 5.25 Å². The molecule has 84 valence electrons. The van der Waals surface area contributed by atoms with Crippen LogP contribution >= 0.6 is 11.8 Å². The van der Waals surface area contributed by atoms with Gasteiger partial charge in [-0.1, -0.05) is 37.3 Å². The normalized spacial score (nSPS) is 10.9. The van der Waals surface area contributed by atoms with Gasteiger partial charge in [0.25, 0.3) is 0 Å². The highest BCUT2D eigenvalue weighted by atomic mass is 35.5. The van der Waals surface area contributed by atoms with Crippen molar-refractivity contribution in [1.29, 1.82) is 0 Å². The van der Waals surface area contributed by atoms with Crippen molar-refractivity contribution in [2.24, 2.45) is 5.25 Å². The average Bonchev–Trinajstić information content (AvgIpc) is 2.33. The van der Waals surface area contributed by atoms with Crippen molar-refractivity contribution in [2.75, 3.05) is 7.11 Å². The van der Waals surface area contributed by atoms with E-state index >= 15 is 0 Å². The Morgan fingerprint density at radius 2 is 1.93 bits per heavy atom. The standard InChI is InChI=1S/C11H14O2.ClH2N/c1-3-10(11(12)13-2)9-7-5-4-6-8-9;1-2/h4-8,10H,3H2,1-2H3;2H2. The van der Waals surface area contributed by atoms with Gasteiger partial charge in [0.1, 0.15) is 0 Å². The van der Waals surface area contributed by atoms with Gasteiger partial charge >= 0.3 is 5.97 Å². The third kappa shape index (κ3) is 4.32. The zero-order valence-corrected chi connectivity index (χ0v) is 9.70. The van der Waals surface area contributed by atoms with E-state index < -0.39 is 0 Å². The van der Waals surface area contributed by atoms with E-state index in [1.165, 1.54) is 7.11 Å². The predicted molar refractivity (Wildman–Crippen MR) is 61.5 cm³/mol. The van der Waals surface area contributed by atoms with Gasteiger partial charge in [0.15, 0.2) is 0 Å². The van der Waals surface area contributed by atoms with Crippen LogP contribution in [0.3, 0.4) is 0 Å². The lowest BCUT2D eigenvalue weighted by Gasteiger charge is -2.11. The topological polar surface area (TPSA) is 52.3 Å². The van der Waals surface area contributed by atoms with Crippen LogP contribution in [0.2, 0.25) is 0 Å². The van der Waals surface area contributed by atoms with Crippen molar-refractivity contribution in [3.8, 4) is 0 Å². The van der Waals surface area contributed by atoms with Crippen molar-refractivity contribution < 1.29 is 9.53 Å². The molecule has 0 fully saturated rings. The molecule has 1 unspecified atom stereocenters. The first-order valence-electron chi connectivity index (χ1n) is 4.64. The van der Waals surface area contributed by atoms with Crippen LogP contribution in [0.25, 0.3) is 0 Å². The number of methoxy groups -OCH3 is 1. The second-order valence-electron chi connectivity index (χ2n) is 2.89. The fourth-order valence-corrected chi connectivity index (χ4v) is 1.37. The second-order valence-corrected chi connectivity index (χ2v) is 2.89. The Balaban J connectivity index is 0.000000921. The van der Waals surface area contributed by atoms with Gasteiger partial charge < -0.3 is 4.74 Å². The van der Waals surface area contributed by atoms with Crippen molar-refractivity contribution >= 4 is 17.7 Å². The van der Waals surface area contributed by atoms with Crippen molar-refractivity contribution in [3.63, 3.8) is 0 Å². The van der Waals surface area contributed by atoms with Crippen LogP contribution in [-0.2, 0) is 9.53 Å². The molecular formula is C11H16ClNO2. The van der Waals surface area contributed by atoms with Gasteiger partial charge in [0, 0.05) is 0 Å². The van der Waals surface area contributed by atoms with Gasteiger partial charge in [0.05, 0.1) is 13.0 Å². The monoisotopic (exact) mass is 229 g/mol. The van der Waals surface area contributed by atoms with E-state index in [9.17, 15) is 4.79 Å². The summed E-state index contributed by atoms with van der Waals surface area (Å²) >= 11 is 4.14. The number of benzene rings is 1. The lowest BCUT2D eigenvalue weighted by atomic mass is 9.97. The molecular weight excluding hydrogens is 214 g/mol. The van der Waals surface area contributed by atoms with Gasteiger partial charge in [-0.25, -0.2) is 5.25 Å². The Bertz CT molecular complexity index is 277. The van der Waals surface area contributed by atoms with Gasteiger partial charge in [-0.2, -0.15) is 0 Å². The van der Waals surface area contributed by atoms with E-state index in [0.717, 1.165) is 12.0 Å². The largest absolute Gasteiger partial charge is 0.469 e. The summed E-state index contributed by atoms with van der Waals surface area (Å²) in [5.41, 5.74) is 1.02. The number of rotatable bonds is 3. The molecule has 0 aromatic heterocycles. The number of halogens is 1. The molecule has 0 aliphatic heterocycles. The number of nitrogens with two attached hydrogens (primary N) is 1. The van der Waals surface area contributed by atoms with Gasteiger partial charge in [0.2, 0.25) is 0 Å². The molecule has 0 radical (unpaired) electrons. The number of hydrogen-bond donors (Lipinski definition) is 1. The smallest absolute Gasteiger partial charge is 0.313 e. The van der Waals surface area contributed by atoms with E-state index in [1.807, 2.05) is 37.3 Å². The van der Waals surface area contributed by atoms with E-state index in [4.69, 9.17) is 4.74 Å². The first-order valence-corrected chi connectivity index (χ1v) is 5.07. The molecule has 1 rings (SSSR count). The highest BCUT2D eigenvalue weighted by Crippen LogP contribution is 2.19. The lowest BCUT2D eigenvalue weighted by Crippen LogP contribution is -2.13. The maximum absolute atomic E-state index is 11.3. The summed E-state index contributed by atoms with van der Waals surface area (Å²) in [5.74, 6) is -0.278. The number of ether oxygens (including phenoxy) is 1. The zero-order chi connectivity index (χ0) is 11.7. The molecule has 0 amide bonds. The SMILES string of the molecule is CCC(C(=O)OC)c1ccccc1.NCl. The van der Waals surface area contributed by atoms with Crippen LogP contribution in [0.5, 0.6) is 0 Å². The minimum atomic E-state index is -0.159. The third-order valence-electron chi connectivity index (χ3n) is 2.10. The minimum absolute atomic E-state index is 0.119. The summed E-state index contributed by atoms with van der Waals surface area (Å²) < 4.78 is 4.72. The molecule has 0 bridgehead atoms. The molecule has 0 aliphatic rings. The van der Waals surface area contributed by atoms with Gasteiger partial charge in [-0.3, -0.25) is 4.79 Å². The van der Waals surface area contributed by atoms with Crippen molar-refractivity contribution in [1.82, 2.24) is 0 Å². The van der Waals surface area contributed by atoms with Gasteiger partial charge in [-0.15, -0.1) is 0 Å². The Kier molecular flexibility index (Phi) is 7.68. The summed E-state index contributed by atoms with van der Waals surface area (Å²) in [6, 6.07) is 9.70. The maximum Gasteiger partial charge on any atom is 0.313 e. The number of carbonyl (C=O) groups excluding carboxylic acids is 1. The summed E-state index contributed by atoms with van der Waals surface area (Å²) in [6.45, 7) is 1.98. The number of esters is 1. The Hall–Kier alpha value is -1.06. The van der Waals surface area contributed by atoms with E-state index in [2.05, 4.69) is 17.0 Å². The van der Waals surface area contributed by atoms with Crippen LogP contribution in [0.1, 0.15) is 24.8 Å². The molecule has 0 aliphatic carbocycles. The van der Waals surface area contributed by atoms with Crippen LogP contribution in [-0.4, -0.2) is 13.1 Å². The summed E-state index contributed by atoms with van der Waals surface area (Å²) in [5, 5.41) is 3.97. The van der Waals surface area contributed by atoms with Crippen LogP contribution in [0.15, 0.2) is 30.3 Å². The Labute approximate surface area is 95.3 Å². The molecule has 4 heteroatoms. The summed E-state index contributed by atoms with van der Waals surface area (Å²) in [6.07, 6.45) is 0.774. The van der Waals surface area contributed by atoms with Crippen molar-refractivity contribution in [3.05, 3.63) is 35.9 Å². The fraction of sp³-hybridized carbons (Fsp3) is 0.364. The Morgan fingerprint density at radius 1 is 1.40 bits per heavy atom. The molecule has 2 N–H and O–H groups in total. The molecule has 0 spiro atoms. The van der Waals surface area contributed by atoms with E-state index in [0.29, 0.717) is 0 Å². The van der Waals surface area contributed by atoms with E-state index in [1.54, 1.807) is 0 Å². The highest BCUT2D eigenvalue weighted by Gasteiger charge is 2.18. The maximum atomic E-state index is 11.3. The van der Waals surface area contributed by atoms with Gasteiger partial charge in [-0.05, 0) is 23.8 Å². The molecule has 0 heterocycles. The minimum Gasteiger partial charge on any atom is -0.469 e. The summed E-state index contributed by atoms with van der Waals surface area (Å²) in [7, 11) is 1.42. The zero-order valence-electron chi connectivity index (χ0n) is 8.94. The van der Waals surface area contributed by atoms with Crippen LogP contribution in [0.4, 0.5) is 0 Å². The Morgan fingerprint density at radius 3 is 2.33 bits per heavy atom. The fourth-order valence-electron chi connectivity index (χ4n) is 1.37. The van der Waals surface area contributed by atoms with E-state index in [-0.39, 0.29) is 11.9 Å². The van der Waals surface area contributed by atoms with Crippen molar-refractivity contribution in [2.45, 2.75) is 19.3 Å². The molecule has 0 saturated heterocycles. The molecule has 1 aromatic rings. The number of hydrogen-bond acceptors (Lipinski definition) is 3. The molecule has 1 aromatic carbocycles. The average molecular weight is 230 g/mol. The highest BCUT2D eigenvalue weighted by molar-refractivity contribution is 6.11. The summed E-state index contributed by atoms with van der Waals surface area (Å²) in [4.78, 5) is 11.3. The first kappa shape index (κ1) is 13.9. The second kappa shape index (κ2) is 8.26. The molecule has 15 heavy (non-hydrogen) atoms. The predicted octanol–water partition coefficient (Wildman–Crippen LogP) is 2.45. The first-order chi connectivity index (χ1) is 7.29. The quantitative estimate of drug-likeness (QED) is 0.640. The molecule has 0 saturated carbocycles. The number of carbonyl (C=O) groups is 1. The van der Waals surface area contributed by atoms with Crippen LogP contribution in [0, 0.1) is 0 Å².